The van der Waals surface area contributed by atoms with Gasteiger partial charge >= 0.3 is 5.97 Å². The first-order valence-corrected chi connectivity index (χ1v) is 7.25. The van der Waals surface area contributed by atoms with Crippen LogP contribution in [0.4, 0.5) is 5.69 Å². The minimum absolute atomic E-state index is 0.0789. The Balaban J connectivity index is 2.36. The highest BCUT2D eigenvalue weighted by Crippen LogP contribution is 2.29. The average Bonchev–Trinajstić information content (AvgIpc) is 2.90. The number of ether oxygens (including phenoxy) is 3. The molecular formula is C16H20N2O6. The quantitative estimate of drug-likeness (QED) is 0.695. The Morgan fingerprint density at radius 3 is 2.33 bits per heavy atom. The highest BCUT2D eigenvalue weighted by molar-refractivity contribution is 6.08. The maximum atomic E-state index is 12.5. The second kappa shape index (κ2) is 7.69. The highest BCUT2D eigenvalue weighted by atomic mass is 16.5. The summed E-state index contributed by atoms with van der Waals surface area (Å²) in [4.78, 5) is 25.8. The molecule has 2 N–H and O–H groups in total. The van der Waals surface area contributed by atoms with Crippen LogP contribution < -0.4 is 14.8 Å². The molecule has 0 fully saturated rings. The Bertz CT molecular complexity index is 648. The Kier molecular flexibility index (Phi) is 5.64. The smallest absolute Gasteiger partial charge is 0.337 e. The molecule has 8 heteroatoms. The SMILES string of the molecule is COC(=O)C1=C(Nc2cc(OC)cc(OC)c2)C(=O)N(CCO)C1. The predicted molar refractivity (Wildman–Crippen MR) is 85.9 cm³/mol. The van der Waals surface area contributed by atoms with Gasteiger partial charge in [-0.3, -0.25) is 4.79 Å². The first-order valence-electron chi connectivity index (χ1n) is 7.25. The molecule has 0 atom stereocenters. The van der Waals surface area contributed by atoms with Gasteiger partial charge in [0.25, 0.3) is 5.91 Å². The van der Waals surface area contributed by atoms with E-state index in [1.165, 1.54) is 26.2 Å². The molecule has 1 aliphatic rings. The van der Waals surface area contributed by atoms with Gasteiger partial charge in [-0.05, 0) is 0 Å². The third kappa shape index (κ3) is 3.60. The van der Waals surface area contributed by atoms with Crippen molar-refractivity contribution in [2.24, 2.45) is 0 Å². The summed E-state index contributed by atoms with van der Waals surface area (Å²) < 4.78 is 15.1. The van der Waals surface area contributed by atoms with Crippen LogP contribution >= 0.6 is 0 Å². The first-order chi connectivity index (χ1) is 11.5. The Morgan fingerprint density at radius 1 is 1.21 bits per heavy atom. The molecule has 1 heterocycles. The highest BCUT2D eigenvalue weighted by Gasteiger charge is 2.34. The molecule has 2 rings (SSSR count). The van der Waals surface area contributed by atoms with Gasteiger partial charge in [0.2, 0.25) is 0 Å². The van der Waals surface area contributed by atoms with Crippen LogP contribution in [-0.4, -0.2) is 62.9 Å². The number of amides is 1. The van der Waals surface area contributed by atoms with E-state index in [9.17, 15) is 9.59 Å². The Morgan fingerprint density at radius 2 is 1.83 bits per heavy atom. The molecule has 130 valence electrons. The summed E-state index contributed by atoms with van der Waals surface area (Å²) in [6.07, 6.45) is 0. The number of rotatable bonds is 7. The summed E-state index contributed by atoms with van der Waals surface area (Å²) in [6.45, 7) is 0.0158. The molecule has 0 bridgehead atoms. The minimum atomic E-state index is -0.596. The zero-order valence-electron chi connectivity index (χ0n) is 13.8. The molecule has 24 heavy (non-hydrogen) atoms. The van der Waals surface area contributed by atoms with Crippen molar-refractivity contribution in [3.05, 3.63) is 29.5 Å². The molecule has 1 aromatic carbocycles. The maximum absolute atomic E-state index is 12.5. The monoisotopic (exact) mass is 336 g/mol. The van der Waals surface area contributed by atoms with Gasteiger partial charge < -0.3 is 29.5 Å². The summed E-state index contributed by atoms with van der Waals surface area (Å²) >= 11 is 0. The Hall–Kier alpha value is -2.74. The van der Waals surface area contributed by atoms with Gasteiger partial charge in [0.05, 0.1) is 40.1 Å². The van der Waals surface area contributed by atoms with E-state index >= 15 is 0 Å². The van der Waals surface area contributed by atoms with Gasteiger partial charge in [0.15, 0.2) is 0 Å². The van der Waals surface area contributed by atoms with Gasteiger partial charge in [-0.15, -0.1) is 0 Å². The fourth-order valence-electron chi connectivity index (χ4n) is 2.37. The van der Waals surface area contributed by atoms with Crippen LogP contribution in [0.15, 0.2) is 29.5 Å². The van der Waals surface area contributed by atoms with Crippen molar-refractivity contribution in [1.29, 1.82) is 0 Å². The van der Waals surface area contributed by atoms with Crippen molar-refractivity contribution >= 4 is 17.6 Å². The molecule has 8 nitrogen and oxygen atoms in total. The van der Waals surface area contributed by atoms with E-state index in [1.807, 2.05) is 0 Å². The Labute approximate surface area is 139 Å². The van der Waals surface area contributed by atoms with Gasteiger partial charge in [-0.1, -0.05) is 0 Å². The zero-order chi connectivity index (χ0) is 17.7. The van der Waals surface area contributed by atoms with E-state index in [-0.39, 0.29) is 36.9 Å². The lowest BCUT2D eigenvalue weighted by molar-refractivity contribution is -0.136. The number of nitrogens with one attached hydrogen (secondary N) is 1. The second-order valence-corrected chi connectivity index (χ2v) is 5.02. The molecule has 1 amide bonds. The summed E-state index contributed by atoms with van der Waals surface area (Å²) in [7, 11) is 4.28. The van der Waals surface area contributed by atoms with Crippen LogP contribution in [0.5, 0.6) is 11.5 Å². The summed E-state index contributed by atoms with van der Waals surface area (Å²) in [5, 5.41) is 12.0. The van der Waals surface area contributed by atoms with E-state index in [2.05, 4.69) is 5.32 Å². The van der Waals surface area contributed by atoms with Crippen LogP contribution in [-0.2, 0) is 14.3 Å². The number of hydrogen-bond acceptors (Lipinski definition) is 7. The number of methoxy groups -OCH3 is 3. The number of β-amino-alcohol motifs (C(OH)–C–C–N with tert-alkyl or cyclic N) is 1. The third-order valence-electron chi connectivity index (χ3n) is 3.57. The standard InChI is InChI=1S/C16H20N2O6/c1-22-11-6-10(7-12(8-11)23-2)17-14-13(16(21)24-3)9-18(4-5-19)15(14)20/h6-8,17,19H,4-5,9H2,1-3H3. The van der Waals surface area contributed by atoms with E-state index in [0.717, 1.165) is 0 Å². The van der Waals surface area contributed by atoms with Crippen LogP contribution in [0.1, 0.15) is 0 Å². The maximum Gasteiger partial charge on any atom is 0.337 e. The average molecular weight is 336 g/mol. The molecule has 0 saturated heterocycles. The van der Waals surface area contributed by atoms with Gasteiger partial charge in [0, 0.05) is 30.4 Å². The van der Waals surface area contributed by atoms with Crippen LogP contribution in [0.3, 0.4) is 0 Å². The van der Waals surface area contributed by atoms with Gasteiger partial charge in [-0.25, -0.2) is 4.79 Å². The molecule has 0 spiro atoms. The van der Waals surface area contributed by atoms with Crippen molar-refractivity contribution < 1.29 is 28.9 Å². The number of hydrogen-bond donors (Lipinski definition) is 2. The topological polar surface area (TPSA) is 97.3 Å². The summed E-state index contributed by atoms with van der Waals surface area (Å²) in [5.74, 6) is 0.0943. The molecular weight excluding hydrogens is 316 g/mol. The number of aliphatic hydroxyl groups is 1. The van der Waals surface area contributed by atoms with E-state index in [4.69, 9.17) is 19.3 Å². The third-order valence-corrected chi connectivity index (χ3v) is 3.57. The summed E-state index contributed by atoms with van der Waals surface area (Å²) in [5.41, 5.74) is 0.852. The fourth-order valence-corrected chi connectivity index (χ4v) is 2.37. The zero-order valence-corrected chi connectivity index (χ0v) is 13.8. The lowest BCUT2D eigenvalue weighted by Crippen LogP contribution is -2.31. The fraction of sp³-hybridized carbons (Fsp3) is 0.375. The number of anilines is 1. The van der Waals surface area contributed by atoms with Crippen LogP contribution in [0.25, 0.3) is 0 Å². The number of esters is 1. The minimum Gasteiger partial charge on any atom is -0.497 e. The number of carbonyl (C=O) groups is 2. The largest absolute Gasteiger partial charge is 0.497 e. The van der Waals surface area contributed by atoms with E-state index < -0.39 is 5.97 Å². The molecule has 0 radical (unpaired) electrons. The van der Waals surface area contributed by atoms with Crippen molar-refractivity contribution in [3.8, 4) is 11.5 Å². The van der Waals surface area contributed by atoms with E-state index in [0.29, 0.717) is 17.2 Å². The lowest BCUT2D eigenvalue weighted by Gasteiger charge is -2.15. The number of benzene rings is 1. The molecule has 0 unspecified atom stereocenters. The molecule has 0 saturated carbocycles. The van der Waals surface area contributed by atoms with Crippen molar-refractivity contribution in [2.75, 3.05) is 46.3 Å². The van der Waals surface area contributed by atoms with Gasteiger partial charge in [-0.2, -0.15) is 0 Å². The normalized spacial score (nSPS) is 14.0. The number of nitrogens with zero attached hydrogens (tertiary/aromatic N) is 1. The molecule has 1 aliphatic heterocycles. The van der Waals surface area contributed by atoms with Crippen LogP contribution in [0, 0.1) is 0 Å². The number of carbonyl (C=O) groups excluding carboxylic acids is 2. The van der Waals surface area contributed by atoms with E-state index in [1.54, 1.807) is 18.2 Å². The predicted octanol–water partition coefficient (Wildman–Crippen LogP) is 0.377. The molecule has 0 aromatic heterocycles. The van der Waals surface area contributed by atoms with Gasteiger partial charge in [0.1, 0.15) is 17.2 Å². The summed E-state index contributed by atoms with van der Waals surface area (Å²) in [6, 6.07) is 5.04. The second-order valence-electron chi connectivity index (χ2n) is 5.02. The lowest BCUT2D eigenvalue weighted by atomic mass is 10.2. The van der Waals surface area contributed by atoms with Crippen molar-refractivity contribution in [1.82, 2.24) is 4.90 Å². The molecule has 0 aliphatic carbocycles. The van der Waals surface area contributed by atoms with Crippen LogP contribution in [0.2, 0.25) is 0 Å². The number of aliphatic hydroxyl groups excluding tert-OH is 1. The van der Waals surface area contributed by atoms with Crippen molar-refractivity contribution in [3.63, 3.8) is 0 Å². The first kappa shape index (κ1) is 17.6. The van der Waals surface area contributed by atoms with Crippen molar-refractivity contribution in [2.45, 2.75) is 0 Å². The molecule has 1 aromatic rings.